The summed E-state index contributed by atoms with van der Waals surface area (Å²) >= 11 is 0. The van der Waals surface area contributed by atoms with Crippen LogP contribution in [0.5, 0.6) is 0 Å². The third kappa shape index (κ3) is 4.52. The second-order valence-electron chi connectivity index (χ2n) is 6.06. The molecule has 134 valence electrons. The molecule has 3 aromatic rings. The van der Waals surface area contributed by atoms with Crippen LogP contribution in [0, 0.1) is 12.1 Å². The Labute approximate surface area is 164 Å². The van der Waals surface area contributed by atoms with Gasteiger partial charge in [-0.15, -0.1) is 0 Å². The molecule has 0 spiro atoms. The van der Waals surface area contributed by atoms with Crippen molar-refractivity contribution in [1.29, 1.82) is 0 Å². The van der Waals surface area contributed by atoms with Gasteiger partial charge in [-0.25, -0.2) is 8.07 Å². The van der Waals surface area contributed by atoms with E-state index in [1.54, 1.807) is 0 Å². The van der Waals surface area contributed by atoms with Crippen molar-refractivity contribution in [3.63, 3.8) is 0 Å². The van der Waals surface area contributed by atoms with Crippen molar-refractivity contribution in [3.05, 3.63) is 132 Å². The first-order chi connectivity index (χ1) is 13.4. The van der Waals surface area contributed by atoms with Crippen molar-refractivity contribution in [2.45, 2.75) is 0 Å². The van der Waals surface area contributed by atoms with E-state index >= 15 is 0 Å². The van der Waals surface area contributed by atoms with Gasteiger partial charge in [0, 0.05) is 0 Å². The lowest BCUT2D eigenvalue weighted by atomic mass is 10.2. The summed E-state index contributed by atoms with van der Waals surface area (Å²) in [6.45, 7) is 0. The van der Waals surface area contributed by atoms with Gasteiger partial charge in [0.15, 0.2) is 0 Å². The molecular formula is C24H20NP2-3. The molecule has 0 fully saturated rings. The van der Waals surface area contributed by atoms with Crippen molar-refractivity contribution in [2.24, 2.45) is 0 Å². The Morgan fingerprint density at radius 3 is 1.52 bits per heavy atom. The second kappa shape index (κ2) is 9.07. The molecule has 0 aliphatic heterocycles. The number of nitrogens with zero attached hydrogens (tertiary/aromatic N) is 1. The van der Waals surface area contributed by atoms with E-state index in [1.165, 1.54) is 21.6 Å². The van der Waals surface area contributed by atoms with Gasteiger partial charge in [0.2, 0.25) is 0 Å². The molecule has 0 radical (unpaired) electrons. The van der Waals surface area contributed by atoms with Crippen LogP contribution in [0.3, 0.4) is 0 Å². The van der Waals surface area contributed by atoms with E-state index in [0.717, 1.165) is 0 Å². The highest BCUT2D eigenvalue weighted by Gasteiger charge is 2.08. The molecule has 0 saturated carbocycles. The summed E-state index contributed by atoms with van der Waals surface area (Å²) in [7, 11) is -1.57. The van der Waals surface area contributed by atoms with E-state index < -0.39 is 16.1 Å². The second-order valence-corrected chi connectivity index (χ2v) is 10.1. The Kier molecular flexibility index (Phi) is 6.07. The number of hydrogen-bond acceptors (Lipinski definition) is 0. The van der Waals surface area contributed by atoms with Gasteiger partial charge in [0.25, 0.3) is 0 Å². The van der Waals surface area contributed by atoms with Crippen LogP contribution < -0.4 is 15.9 Å². The summed E-state index contributed by atoms with van der Waals surface area (Å²) < 4.78 is 0. The topological polar surface area (TPSA) is 14.1 Å². The summed E-state index contributed by atoms with van der Waals surface area (Å²) in [5, 5.41) is 3.87. The minimum atomic E-state index is -0.784. The van der Waals surface area contributed by atoms with Gasteiger partial charge < -0.3 is 4.86 Å². The Morgan fingerprint density at radius 1 is 0.593 bits per heavy atom. The predicted octanol–water partition coefficient (Wildman–Crippen LogP) is 5.99. The van der Waals surface area contributed by atoms with Crippen molar-refractivity contribution in [3.8, 4) is 0 Å². The highest BCUT2D eigenvalue weighted by molar-refractivity contribution is 7.91. The van der Waals surface area contributed by atoms with E-state index in [9.17, 15) is 0 Å². The SMILES string of the molecule is C1=C[C-](P([N-]P(c2ccccc2)c2ccccc2)c2ccccc2)C=C[CH-]1. The Bertz CT molecular complexity index is 840. The molecule has 0 N–H and O–H groups in total. The third-order valence-corrected chi connectivity index (χ3v) is 8.76. The molecule has 0 saturated heterocycles. The molecule has 1 aliphatic carbocycles. The van der Waals surface area contributed by atoms with Gasteiger partial charge in [-0.05, 0) is 10.6 Å². The zero-order valence-electron chi connectivity index (χ0n) is 14.9. The lowest BCUT2D eigenvalue weighted by molar-refractivity contribution is 1.53. The van der Waals surface area contributed by atoms with Crippen LogP contribution in [0.15, 0.2) is 115 Å². The molecule has 27 heavy (non-hydrogen) atoms. The fourth-order valence-electron chi connectivity index (χ4n) is 2.87. The highest BCUT2D eigenvalue weighted by atomic mass is 31.2. The fraction of sp³-hybridized carbons (Fsp3) is 0. The highest BCUT2D eigenvalue weighted by Crippen LogP contribution is 2.64. The number of hydrogen-bond donors (Lipinski definition) is 0. The zero-order valence-corrected chi connectivity index (χ0v) is 16.7. The summed E-state index contributed by atoms with van der Waals surface area (Å²) in [6.07, 6.45) is 10.7. The van der Waals surface area contributed by atoms with Gasteiger partial charge in [-0.3, -0.25) is 36.4 Å². The molecule has 4 rings (SSSR count). The Hall–Kier alpha value is -2.30. The molecular weight excluding hydrogens is 364 g/mol. The Morgan fingerprint density at radius 2 is 1.04 bits per heavy atom. The van der Waals surface area contributed by atoms with Gasteiger partial charge in [0.1, 0.15) is 0 Å². The number of benzene rings is 3. The van der Waals surface area contributed by atoms with Crippen LogP contribution in [-0.2, 0) is 0 Å². The van der Waals surface area contributed by atoms with Crippen LogP contribution in [0.1, 0.15) is 0 Å². The van der Waals surface area contributed by atoms with Gasteiger partial charge in [0.05, 0.1) is 0 Å². The number of allylic oxidation sites excluding steroid dienone is 4. The van der Waals surface area contributed by atoms with Crippen LogP contribution in [0.4, 0.5) is 0 Å². The summed E-state index contributed by atoms with van der Waals surface area (Å²) in [6, 6.07) is 32.1. The molecule has 1 aliphatic rings. The molecule has 0 amide bonds. The average molecular weight is 384 g/mol. The molecule has 3 heteroatoms. The maximum atomic E-state index is 5.49. The van der Waals surface area contributed by atoms with Crippen molar-refractivity contribution in [2.75, 3.05) is 0 Å². The van der Waals surface area contributed by atoms with Crippen LogP contribution in [0.2, 0.25) is 0 Å². The first kappa shape index (κ1) is 18.1. The van der Waals surface area contributed by atoms with Crippen molar-refractivity contribution < 1.29 is 0 Å². The van der Waals surface area contributed by atoms with E-state index in [1.807, 2.05) is 0 Å². The van der Waals surface area contributed by atoms with Crippen molar-refractivity contribution in [1.82, 2.24) is 0 Å². The van der Waals surface area contributed by atoms with E-state index in [-0.39, 0.29) is 0 Å². The van der Waals surface area contributed by atoms with E-state index in [4.69, 9.17) is 4.86 Å². The average Bonchev–Trinajstić information content (AvgIpc) is 2.77. The monoisotopic (exact) mass is 384 g/mol. The molecule has 3 aromatic carbocycles. The Balaban J connectivity index is 1.73. The molecule has 1 unspecified atom stereocenters. The first-order valence-corrected chi connectivity index (χ1v) is 11.5. The van der Waals surface area contributed by atoms with E-state index in [0.29, 0.717) is 0 Å². The summed E-state index contributed by atoms with van der Waals surface area (Å²) in [4.78, 5) is 5.49. The third-order valence-electron chi connectivity index (χ3n) is 4.18. The maximum Gasteiger partial charge on any atom is -0.0398 e. The normalized spacial score (nSPS) is 14.2. The largest absolute Gasteiger partial charge is 0.607 e. The minimum absolute atomic E-state index is 0.784. The lowest BCUT2D eigenvalue weighted by Gasteiger charge is -2.51. The predicted molar refractivity (Wildman–Crippen MR) is 121 cm³/mol. The first-order valence-electron chi connectivity index (χ1n) is 8.94. The molecule has 1 nitrogen and oxygen atoms in total. The smallest absolute Gasteiger partial charge is 0.0398 e. The summed E-state index contributed by atoms with van der Waals surface area (Å²) in [5.41, 5.74) is 1.29. The molecule has 0 heterocycles. The molecule has 0 aromatic heterocycles. The van der Waals surface area contributed by atoms with Gasteiger partial charge in [-0.2, -0.15) is 8.07 Å². The van der Waals surface area contributed by atoms with Gasteiger partial charge >= 0.3 is 0 Å². The van der Waals surface area contributed by atoms with Crippen LogP contribution in [-0.4, -0.2) is 0 Å². The maximum absolute atomic E-state index is 5.49. The summed E-state index contributed by atoms with van der Waals surface area (Å²) in [5.74, 6) is 0. The zero-order chi connectivity index (χ0) is 18.3. The number of rotatable bonds is 6. The molecule has 1 atom stereocenters. The van der Waals surface area contributed by atoms with Crippen LogP contribution >= 0.6 is 16.1 Å². The van der Waals surface area contributed by atoms with Gasteiger partial charge in [-0.1, -0.05) is 96.3 Å². The minimum Gasteiger partial charge on any atom is -0.607 e. The van der Waals surface area contributed by atoms with Crippen LogP contribution in [0.25, 0.3) is 4.86 Å². The standard InChI is InChI=1S/C24H20NP2/c1-5-13-21(14-6-1)26(22-15-7-2-8-16-22)25-27(23-17-9-3-10-18-23)24-19-11-4-12-20-24/h1-20H/q-3. The fourth-order valence-corrected chi connectivity index (χ4v) is 7.65. The van der Waals surface area contributed by atoms with Crippen molar-refractivity contribution >= 4 is 32.1 Å². The lowest BCUT2D eigenvalue weighted by Crippen LogP contribution is -2.13. The van der Waals surface area contributed by atoms with E-state index in [2.05, 4.69) is 122 Å². The quantitative estimate of drug-likeness (QED) is 0.366. The molecule has 0 bridgehead atoms.